The molecule has 0 unspecified atom stereocenters. The summed E-state index contributed by atoms with van der Waals surface area (Å²) in [4.78, 5) is 18.6. The van der Waals surface area contributed by atoms with Crippen molar-refractivity contribution in [2.45, 2.75) is 6.42 Å². The minimum absolute atomic E-state index is 0.413. The average molecular weight is 273 g/mol. The predicted octanol–water partition coefficient (Wildman–Crippen LogP) is 1.37. The molecule has 1 aliphatic rings. The van der Waals surface area contributed by atoms with E-state index < -0.39 is 5.97 Å². The Morgan fingerprint density at radius 1 is 1.30 bits per heavy atom. The zero-order valence-electron chi connectivity index (χ0n) is 11.8. The Morgan fingerprint density at radius 3 is 2.75 bits per heavy atom. The quantitative estimate of drug-likeness (QED) is 0.483. The van der Waals surface area contributed by atoms with Crippen molar-refractivity contribution in [1.29, 1.82) is 0 Å². The smallest absolute Gasteiger partial charge is 0.369 e. The number of nitrogens with one attached hydrogen (secondary N) is 1. The summed E-state index contributed by atoms with van der Waals surface area (Å²) in [5.74, 6) is -0.413. The molecule has 0 atom stereocenters. The summed E-state index contributed by atoms with van der Waals surface area (Å²) in [5, 5.41) is 6.99. The van der Waals surface area contributed by atoms with Gasteiger partial charge >= 0.3 is 5.97 Å². The van der Waals surface area contributed by atoms with E-state index in [-0.39, 0.29) is 0 Å². The van der Waals surface area contributed by atoms with Crippen LogP contribution >= 0.6 is 0 Å². The summed E-state index contributed by atoms with van der Waals surface area (Å²) >= 11 is 0. The molecule has 1 aliphatic heterocycles. The lowest BCUT2D eigenvalue weighted by Crippen LogP contribution is -2.19. The summed E-state index contributed by atoms with van der Waals surface area (Å²) in [6.45, 7) is 1.80. The van der Waals surface area contributed by atoms with Crippen molar-refractivity contribution >= 4 is 11.7 Å². The van der Waals surface area contributed by atoms with Gasteiger partial charge in [-0.2, -0.15) is 0 Å². The molecule has 1 aromatic carbocycles. The molecule has 0 saturated carbocycles. The van der Waals surface area contributed by atoms with Gasteiger partial charge in [0.1, 0.15) is 11.3 Å². The van der Waals surface area contributed by atoms with Crippen molar-refractivity contribution in [2.24, 2.45) is 5.16 Å². The second-order valence-electron chi connectivity index (χ2n) is 4.85. The fourth-order valence-corrected chi connectivity index (χ4v) is 1.89. The van der Waals surface area contributed by atoms with Gasteiger partial charge in [0.05, 0.1) is 0 Å². The van der Waals surface area contributed by atoms with Gasteiger partial charge in [-0.1, -0.05) is 35.5 Å². The molecule has 2 rings (SSSR count). The van der Waals surface area contributed by atoms with Gasteiger partial charge in [-0.25, -0.2) is 4.79 Å². The number of benzene rings is 1. The van der Waals surface area contributed by atoms with Crippen molar-refractivity contribution in [3.63, 3.8) is 0 Å². The molecule has 106 valence electrons. The van der Waals surface area contributed by atoms with Crippen LogP contribution in [-0.2, 0) is 9.63 Å². The van der Waals surface area contributed by atoms with Crippen molar-refractivity contribution in [2.75, 3.05) is 27.2 Å². The number of oxime groups is 1. The summed E-state index contributed by atoms with van der Waals surface area (Å²) in [7, 11) is 4.07. The molecule has 0 bridgehead atoms. The highest BCUT2D eigenvalue weighted by molar-refractivity contribution is 6.28. The molecule has 0 fully saturated rings. The van der Waals surface area contributed by atoms with Crippen LogP contribution in [0.25, 0.3) is 0 Å². The van der Waals surface area contributed by atoms with Crippen molar-refractivity contribution in [3.8, 4) is 0 Å². The highest BCUT2D eigenvalue weighted by Crippen LogP contribution is 2.16. The van der Waals surface area contributed by atoms with E-state index in [4.69, 9.17) is 4.84 Å². The van der Waals surface area contributed by atoms with Crippen molar-refractivity contribution in [3.05, 3.63) is 47.7 Å². The molecular formula is C15H19N3O2. The third kappa shape index (κ3) is 3.68. The van der Waals surface area contributed by atoms with E-state index in [1.54, 1.807) is 6.20 Å². The van der Waals surface area contributed by atoms with E-state index >= 15 is 0 Å². The molecule has 1 heterocycles. The maximum atomic E-state index is 11.7. The largest absolute Gasteiger partial charge is 0.390 e. The van der Waals surface area contributed by atoms with E-state index in [0.29, 0.717) is 11.3 Å². The first-order valence-electron chi connectivity index (χ1n) is 6.62. The Morgan fingerprint density at radius 2 is 2.05 bits per heavy atom. The van der Waals surface area contributed by atoms with E-state index in [1.165, 1.54) is 0 Å². The van der Waals surface area contributed by atoms with Gasteiger partial charge in [0.25, 0.3) is 0 Å². The van der Waals surface area contributed by atoms with Gasteiger partial charge in [-0.3, -0.25) is 0 Å². The molecular weight excluding hydrogens is 254 g/mol. The molecule has 0 aliphatic carbocycles. The monoisotopic (exact) mass is 273 g/mol. The minimum atomic E-state index is -0.413. The van der Waals surface area contributed by atoms with E-state index in [1.807, 2.05) is 44.4 Å². The number of rotatable bonds is 6. The van der Waals surface area contributed by atoms with Crippen molar-refractivity contribution in [1.82, 2.24) is 10.2 Å². The standard InChI is InChI=1S/C15H19N3O2/c1-18(2)10-6-9-16-11-13-14(17-20-15(13)19)12-7-4-3-5-8-12/h3-5,7-8,11,16H,6,9-10H2,1-2H3. The lowest BCUT2D eigenvalue weighted by atomic mass is 10.0. The lowest BCUT2D eigenvalue weighted by molar-refractivity contribution is -0.136. The molecule has 1 aromatic rings. The van der Waals surface area contributed by atoms with Crippen LogP contribution < -0.4 is 5.32 Å². The molecule has 5 heteroatoms. The Balaban J connectivity index is 1.98. The summed E-state index contributed by atoms with van der Waals surface area (Å²) in [6.07, 6.45) is 2.69. The predicted molar refractivity (Wildman–Crippen MR) is 78.3 cm³/mol. The molecule has 0 spiro atoms. The number of hydrogen-bond donors (Lipinski definition) is 1. The molecule has 20 heavy (non-hydrogen) atoms. The maximum absolute atomic E-state index is 11.7. The van der Waals surface area contributed by atoms with E-state index in [9.17, 15) is 4.79 Å². The summed E-state index contributed by atoms with van der Waals surface area (Å²) in [6, 6.07) is 9.54. The Bertz CT molecular complexity index is 521. The first-order chi connectivity index (χ1) is 9.68. The SMILES string of the molecule is CN(C)CCCNC=C1C(=O)ON=C1c1ccccc1. The van der Waals surface area contributed by atoms with Crippen LogP contribution in [0.5, 0.6) is 0 Å². The highest BCUT2D eigenvalue weighted by Gasteiger charge is 2.26. The summed E-state index contributed by atoms with van der Waals surface area (Å²) < 4.78 is 0. The Labute approximate surface area is 118 Å². The van der Waals surface area contributed by atoms with Gasteiger partial charge in [-0.05, 0) is 27.1 Å². The topological polar surface area (TPSA) is 53.9 Å². The van der Waals surface area contributed by atoms with Crippen molar-refractivity contribution < 1.29 is 9.63 Å². The van der Waals surface area contributed by atoms with Crippen LogP contribution in [0.15, 0.2) is 47.3 Å². The molecule has 0 saturated heterocycles. The van der Waals surface area contributed by atoms with Crippen LogP contribution in [-0.4, -0.2) is 43.8 Å². The number of hydrogen-bond acceptors (Lipinski definition) is 5. The average Bonchev–Trinajstić information content (AvgIpc) is 2.80. The highest BCUT2D eigenvalue weighted by atomic mass is 16.7. The van der Waals surface area contributed by atoms with Crippen LogP contribution in [0, 0.1) is 0 Å². The normalized spacial score (nSPS) is 16.4. The second kappa shape index (κ2) is 6.86. The molecule has 0 amide bonds. The maximum Gasteiger partial charge on any atom is 0.369 e. The van der Waals surface area contributed by atoms with E-state index in [2.05, 4.69) is 15.4 Å². The van der Waals surface area contributed by atoms with Gasteiger partial charge in [0.2, 0.25) is 0 Å². The zero-order valence-corrected chi connectivity index (χ0v) is 11.8. The van der Waals surface area contributed by atoms with Gasteiger partial charge in [0, 0.05) is 18.3 Å². The van der Waals surface area contributed by atoms with Gasteiger partial charge in [-0.15, -0.1) is 0 Å². The first-order valence-corrected chi connectivity index (χ1v) is 6.62. The van der Waals surface area contributed by atoms with Crippen LogP contribution in [0.4, 0.5) is 0 Å². The minimum Gasteiger partial charge on any atom is -0.390 e. The number of carbonyl (C=O) groups is 1. The fraction of sp³-hybridized carbons (Fsp3) is 0.333. The Hall–Kier alpha value is -2.14. The second-order valence-corrected chi connectivity index (χ2v) is 4.85. The molecule has 1 N–H and O–H groups in total. The van der Waals surface area contributed by atoms with Gasteiger partial charge < -0.3 is 15.1 Å². The third-order valence-corrected chi connectivity index (χ3v) is 2.91. The zero-order chi connectivity index (χ0) is 14.4. The number of nitrogens with zero attached hydrogens (tertiary/aromatic N) is 2. The van der Waals surface area contributed by atoms with Crippen LogP contribution in [0.2, 0.25) is 0 Å². The lowest BCUT2D eigenvalue weighted by Gasteiger charge is -2.08. The van der Waals surface area contributed by atoms with E-state index in [0.717, 1.165) is 25.1 Å². The third-order valence-electron chi connectivity index (χ3n) is 2.91. The Kier molecular flexibility index (Phi) is 4.90. The molecule has 0 aromatic heterocycles. The van der Waals surface area contributed by atoms with Crippen LogP contribution in [0.3, 0.4) is 0 Å². The van der Waals surface area contributed by atoms with Crippen LogP contribution in [0.1, 0.15) is 12.0 Å². The first kappa shape index (κ1) is 14.3. The summed E-state index contributed by atoms with van der Waals surface area (Å²) in [5.41, 5.74) is 1.93. The fourth-order valence-electron chi connectivity index (χ4n) is 1.89. The molecule has 0 radical (unpaired) electrons. The number of carbonyl (C=O) groups excluding carboxylic acids is 1. The molecule has 5 nitrogen and oxygen atoms in total. The van der Waals surface area contributed by atoms with Gasteiger partial charge in [0.15, 0.2) is 0 Å².